The number of pyridine rings is 1. The Bertz CT molecular complexity index is 726. The fourth-order valence-corrected chi connectivity index (χ4v) is 1.93. The molecule has 0 fully saturated rings. The third-order valence-corrected chi connectivity index (χ3v) is 2.74. The van der Waals surface area contributed by atoms with Gasteiger partial charge in [-0.25, -0.2) is 9.78 Å². The number of imidazole rings is 1. The van der Waals surface area contributed by atoms with Gasteiger partial charge in [0.1, 0.15) is 0 Å². The number of carboxylic acids is 1. The number of hydrogen-bond donors (Lipinski definition) is 1. The summed E-state index contributed by atoms with van der Waals surface area (Å²) >= 11 is 0. The summed E-state index contributed by atoms with van der Waals surface area (Å²) in [5, 5.41) is 9.18. The topological polar surface area (TPSA) is 67.7 Å². The Morgan fingerprint density at radius 3 is 2.94 bits per heavy atom. The lowest BCUT2D eigenvalue weighted by atomic mass is 10.2. The minimum atomic E-state index is -1.05. The molecule has 0 aliphatic rings. The highest BCUT2D eigenvalue weighted by molar-refractivity contribution is 5.94. The summed E-state index contributed by atoms with van der Waals surface area (Å²) in [5.74, 6) is -0.00957. The molecule has 5 heteroatoms. The quantitative estimate of drug-likeness (QED) is 0.750. The van der Waals surface area contributed by atoms with Gasteiger partial charge in [-0.1, -0.05) is 0 Å². The van der Waals surface area contributed by atoms with Crippen LogP contribution in [0.2, 0.25) is 0 Å². The lowest BCUT2D eigenvalue weighted by molar-refractivity contribution is 0.0693. The first-order valence-corrected chi connectivity index (χ1v) is 5.42. The monoisotopic (exact) mass is 242 g/mol. The van der Waals surface area contributed by atoms with Crippen LogP contribution in [0, 0.1) is 6.92 Å². The van der Waals surface area contributed by atoms with Crippen molar-refractivity contribution in [3.8, 4) is 11.6 Å². The van der Waals surface area contributed by atoms with E-state index in [1.54, 1.807) is 28.8 Å². The van der Waals surface area contributed by atoms with Gasteiger partial charge in [0.15, 0.2) is 17.3 Å². The summed E-state index contributed by atoms with van der Waals surface area (Å²) < 4.78 is 6.99. The fourth-order valence-electron chi connectivity index (χ4n) is 1.93. The zero-order valence-corrected chi connectivity index (χ0v) is 9.62. The molecule has 3 heterocycles. The Kier molecular flexibility index (Phi) is 2.19. The van der Waals surface area contributed by atoms with E-state index in [-0.39, 0.29) is 5.69 Å². The van der Waals surface area contributed by atoms with E-state index >= 15 is 0 Å². The highest BCUT2D eigenvalue weighted by Crippen LogP contribution is 2.23. The maximum Gasteiger partial charge on any atom is 0.356 e. The molecule has 0 aliphatic carbocycles. The largest absolute Gasteiger partial charge is 0.476 e. The summed E-state index contributed by atoms with van der Waals surface area (Å²) in [4.78, 5) is 15.3. The molecule has 5 nitrogen and oxygen atoms in total. The fraction of sp³-hybridized carbons (Fsp3) is 0.0769. The number of hydrogen-bond acceptors (Lipinski definition) is 3. The molecule has 0 saturated carbocycles. The van der Waals surface area contributed by atoms with Gasteiger partial charge in [0.25, 0.3) is 0 Å². The molecule has 0 aromatic carbocycles. The SMILES string of the molecule is Cc1ccn2c(-c3ccco3)nc(C(=O)O)c2c1. The maximum atomic E-state index is 11.2. The standard InChI is InChI=1S/C13H10N2O3/c1-8-4-5-15-9(7-8)11(13(16)17)14-12(15)10-3-2-6-18-10/h2-7H,1H3,(H,16,17). The summed E-state index contributed by atoms with van der Waals surface area (Å²) in [5.41, 5.74) is 1.58. The van der Waals surface area contributed by atoms with Crippen molar-refractivity contribution in [1.82, 2.24) is 9.38 Å². The van der Waals surface area contributed by atoms with E-state index in [1.165, 1.54) is 6.26 Å². The number of aromatic carboxylic acids is 1. The molecule has 0 saturated heterocycles. The molecule has 90 valence electrons. The lowest BCUT2D eigenvalue weighted by Gasteiger charge is -1.99. The second kappa shape index (κ2) is 3.73. The van der Waals surface area contributed by atoms with E-state index in [9.17, 15) is 9.90 Å². The van der Waals surface area contributed by atoms with Gasteiger partial charge < -0.3 is 9.52 Å². The van der Waals surface area contributed by atoms with Crippen LogP contribution in [0.15, 0.2) is 41.1 Å². The minimum absolute atomic E-state index is 0.0325. The third-order valence-electron chi connectivity index (χ3n) is 2.74. The van der Waals surface area contributed by atoms with Crippen molar-refractivity contribution in [3.05, 3.63) is 48.0 Å². The number of rotatable bonds is 2. The molecule has 0 amide bonds. The van der Waals surface area contributed by atoms with Gasteiger partial charge in [-0.3, -0.25) is 4.40 Å². The van der Waals surface area contributed by atoms with Gasteiger partial charge in [-0.15, -0.1) is 0 Å². The van der Waals surface area contributed by atoms with Gasteiger partial charge in [0, 0.05) is 6.20 Å². The van der Waals surface area contributed by atoms with Crippen LogP contribution in [-0.2, 0) is 0 Å². The van der Waals surface area contributed by atoms with Crippen molar-refractivity contribution in [2.75, 3.05) is 0 Å². The third kappa shape index (κ3) is 1.48. The predicted molar refractivity (Wildman–Crippen MR) is 64.6 cm³/mol. The summed E-state index contributed by atoms with van der Waals surface area (Å²) in [6.45, 7) is 1.91. The Balaban J connectivity index is 2.37. The smallest absolute Gasteiger partial charge is 0.356 e. The molecule has 0 spiro atoms. The van der Waals surface area contributed by atoms with E-state index < -0.39 is 5.97 Å². The molecular formula is C13H10N2O3. The molecule has 0 atom stereocenters. The predicted octanol–water partition coefficient (Wildman–Crippen LogP) is 2.60. The van der Waals surface area contributed by atoms with Gasteiger partial charge in [0.2, 0.25) is 0 Å². The van der Waals surface area contributed by atoms with Gasteiger partial charge in [-0.2, -0.15) is 0 Å². The molecule has 3 aromatic rings. The van der Waals surface area contributed by atoms with E-state index in [1.807, 2.05) is 13.0 Å². The highest BCUT2D eigenvalue weighted by atomic mass is 16.4. The van der Waals surface area contributed by atoms with Crippen LogP contribution in [-0.4, -0.2) is 20.5 Å². The summed E-state index contributed by atoms with van der Waals surface area (Å²) in [6, 6.07) is 7.18. The number of aromatic nitrogens is 2. The van der Waals surface area contributed by atoms with Crippen LogP contribution >= 0.6 is 0 Å². The molecule has 0 aliphatic heterocycles. The first-order valence-electron chi connectivity index (χ1n) is 5.42. The van der Waals surface area contributed by atoms with E-state index in [0.717, 1.165) is 5.56 Å². The first-order chi connectivity index (χ1) is 8.66. The van der Waals surface area contributed by atoms with Crippen molar-refractivity contribution in [2.45, 2.75) is 6.92 Å². The zero-order chi connectivity index (χ0) is 12.7. The Morgan fingerprint density at radius 2 is 2.28 bits per heavy atom. The Labute approximate surface area is 102 Å². The molecule has 0 bridgehead atoms. The van der Waals surface area contributed by atoms with Gasteiger partial charge >= 0.3 is 5.97 Å². The number of carboxylic acid groups (broad SMARTS) is 1. The molecular weight excluding hydrogens is 232 g/mol. The van der Waals surface area contributed by atoms with Crippen molar-refractivity contribution in [1.29, 1.82) is 0 Å². The number of fused-ring (bicyclic) bond motifs is 1. The van der Waals surface area contributed by atoms with Crippen LogP contribution < -0.4 is 0 Å². The normalized spacial score (nSPS) is 10.9. The average Bonchev–Trinajstić information content (AvgIpc) is 2.93. The Hall–Kier alpha value is -2.56. The van der Waals surface area contributed by atoms with Crippen LogP contribution in [0.3, 0.4) is 0 Å². The maximum absolute atomic E-state index is 11.2. The molecule has 0 radical (unpaired) electrons. The van der Waals surface area contributed by atoms with E-state index in [4.69, 9.17) is 4.42 Å². The number of furan rings is 1. The number of carbonyl (C=O) groups is 1. The molecule has 1 N–H and O–H groups in total. The van der Waals surface area contributed by atoms with Crippen molar-refractivity contribution in [3.63, 3.8) is 0 Å². The second-order valence-corrected chi connectivity index (χ2v) is 4.03. The molecule has 0 unspecified atom stereocenters. The zero-order valence-electron chi connectivity index (χ0n) is 9.62. The van der Waals surface area contributed by atoms with Gasteiger partial charge in [-0.05, 0) is 36.8 Å². The summed E-state index contributed by atoms with van der Waals surface area (Å²) in [7, 11) is 0. The van der Waals surface area contributed by atoms with Crippen LogP contribution in [0.25, 0.3) is 17.1 Å². The van der Waals surface area contributed by atoms with Crippen molar-refractivity contribution < 1.29 is 14.3 Å². The van der Waals surface area contributed by atoms with Crippen molar-refractivity contribution in [2.24, 2.45) is 0 Å². The molecule has 3 rings (SSSR count). The molecule has 3 aromatic heterocycles. The average molecular weight is 242 g/mol. The van der Waals surface area contributed by atoms with Crippen LogP contribution in [0.4, 0.5) is 0 Å². The van der Waals surface area contributed by atoms with Crippen molar-refractivity contribution >= 4 is 11.5 Å². The molecule has 18 heavy (non-hydrogen) atoms. The Morgan fingerprint density at radius 1 is 1.44 bits per heavy atom. The van der Waals surface area contributed by atoms with Crippen LogP contribution in [0.1, 0.15) is 16.1 Å². The first kappa shape index (κ1) is 10.6. The van der Waals surface area contributed by atoms with Gasteiger partial charge in [0.05, 0.1) is 11.8 Å². The summed E-state index contributed by atoms with van der Waals surface area (Å²) in [6.07, 6.45) is 3.33. The number of aryl methyl sites for hydroxylation is 1. The van der Waals surface area contributed by atoms with Crippen LogP contribution in [0.5, 0.6) is 0 Å². The lowest BCUT2D eigenvalue weighted by Crippen LogP contribution is -1.97. The van der Waals surface area contributed by atoms with E-state index in [2.05, 4.69) is 4.98 Å². The highest BCUT2D eigenvalue weighted by Gasteiger charge is 2.18. The number of nitrogens with zero attached hydrogens (tertiary/aromatic N) is 2. The second-order valence-electron chi connectivity index (χ2n) is 4.03. The van der Waals surface area contributed by atoms with E-state index in [0.29, 0.717) is 17.1 Å². The minimum Gasteiger partial charge on any atom is -0.476 e.